The minimum absolute atomic E-state index is 0.0903. The summed E-state index contributed by atoms with van der Waals surface area (Å²) in [5.41, 5.74) is 4.76. The van der Waals surface area contributed by atoms with E-state index in [4.69, 9.17) is 21.7 Å². The number of nitrogens with zero attached hydrogens (tertiary/aromatic N) is 2. The highest BCUT2D eigenvalue weighted by Crippen LogP contribution is 2.33. The van der Waals surface area contributed by atoms with Crippen molar-refractivity contribution in [1.29, 1.82) is 0 Å². The molecule has 0 radical (unpaired) electrons. The van der Waals surface area contributed by atoms with Crippen LogP contribution in [0.25, 0.3) is 10.9 Å². The predicted molar refractivity (Wildman–Crippen MR) is 149 cm³/mol. The number of nitrogens with one attached hydrogen (secondary N) is 2. The molecule has 0 bridgehead atoms. The smallest absolute Gasteiger partial charge is 0.253 e. The van der Waals surface area contributed by atoms with E-state index in [1.54, 1.807) is 0 Å². The minimum atomic E-state index is -0.0903. The summed E-state index contributed by atoms with van der Waals surface area (Å²) in [4.78, 5) is 20.5. The Bertz CT molecular complexity index is 1290. The molecule has 1 aliphatic heterocycles. The molecule has 0 fully saturated rings. The fourth-order valence-corrected chi connectivity index (χ4v) is 4.88. The van der Waals surface area contributed by atoms with Crippen molar-refractivity contribution >= 4 is 28.2 Å². The number of hydrogen-bond donors (Lipinski definition) is 2. The van der Waals surface area contributed by atoms with Crippen molar-refractivity contribution < 1.29 is 9.47 Å². The second-order valence-electron chi connectivity index (χ2n) is 9.32. The first-order valence-corrected chi connectivity index (χ1v) is 13.1. The van der Waals surface area contributed by atoms with Gasteiger partial charge in [-0.15, -0.1) is 0 Å². The lowest BCUT2D eigenvalue weighted by Crippen LogP contribution is -2.41. The van der Waals surface area contributed by atoms with Crippen LogP contribution in [0.5, 0.6) is 11.5 Å². The normalized spacial score (nSPS) is 12.4. The quantitative estimate of drug-likeness (QED) is 0.309. The van der Waals surface area contributed by atoms with E-state index in [-0.39, 0.29) is 12.4 Å². The van der Waals surface area contributed by atoms with Gasteiger partial charge in [-0.1, -0.05) is 26.0 Å². The Morgan fingerprint density at radius 3 is 2.61 bits per heavy atom. The Morgan fingerprint density at radius 2 is 1.83 bits per heavy atom. The molecule has 1 aliphatic rings. The molecule has 0 atom stereocenters. The van der Waals surface area contributed by atoms with Crippen LogP contribution in [0.4, 0.5) is 0 Å². The second-order valence-corrected chi connectivity index (χ2v) is 9.71. The number of benzene rings is 2. The molecule has 0 amide bonds. The summed E-state index contributed by atoms with van der Waals surface area (Å²) in [6.07, 6.45) is 0.995. The molecular formula is C28H36N4O3S. The maximum atomic E-state index is 13.0. The molecule has 0 unspecified atom stereocenters. The molecule has 0 aliphatic carbocycles. The van der Waals surface area contributed by atoms with Crippen LogP contribution in [0.3, 0.4) is 0 Å². The fourth-order valence-electron chi connectivity index (χ4n) is 4.65. The van der Waals surface area contributed by atoms with E-state index in [9.17, 15) is 4.79 Å². The van der Waals surface area contributed by atoms with Crippen LogP contribution < -0.4 is 20.3 Å². The summed E-state index contributed by atoms with van der Waals surface area (Å²) in [6, 6.07) is 12.1. The van der Waals surface area contributed by atoms with E-state index in [2.05, 4.69) is 42.0 Å². The first-order chi connectivity index (χ1) is 17.4. The Labute approximate surface area is 218 Å². The average Bonchev–Trinajstić information content (AvgIpc) is 3.32. The highest BCUT2D eigenvalue weighted by molar-refractivity contribution is 7.80. The first-order valence-electron chi connectivity index (χ1n) is 12.6. The van der Waals surface area contributed by atoms with Gasteiger partial charge in [-0.2, -0.15) is 0 Å². The van der Waals surface area contributed by atoms with Gasteiger partial charge in [0.05, 0.1) is 6.54 Å². The molecule has 8 heteroatoms. The van der Waals surface area contributed by atoms with Gasteiger partial charge in [-0.25, -0.2) is 0 Å². The molecule has 1 aromatic heterocycles. The van der Waals surface area contributed by atoms with E-state index in [0.717, 1.165) is 71.7 Å². The summed E-state index contributed by atoms with van der Waals surface area (Å²) in [5.74, 6) is 1.49. The maximum absolute atomic E-state index is 13.0. The second kappa shape index (κ2) is 11.8. The summed E-state index contributed by atoms with van der Waals surface area (Å²) in [7, 11) is 0. The lowest BCUT2D eigenvalue weighted by atomic mass is 10.0. The van der Waals surface area contributed by atoms with Gasteiger partial charge in [-0.3, -0.25) is 4.79 Å². The minimum Gasteiger partial charge on any atom is -0.454 e. The largest absolute Gasteiger partial charge is 0.454 e. The van der Waals surface area contributed by atoms with Crippen molar-refractivity contribution in [3.63, 3.8) is 0 Å². The van der Waals surface area contributed by atoms with Crippen LogP contribution in [-0.2, 0) is 13.1 Å². The Morgan fingerprint density at radius 1 is 1.06 bits per heavy atom. The van der Waals surface area contributed by atoms with Gasteiger partial charge >= 0.3 is 0 Å². The third-order valence-electron chi connectivity index (χ3n) is 6.67. The lowest BCUT2D eigenvalue weighted by molar-refractivity contribution is 0.174. The van der Waals surface area contributed by atoms with Crippen LogP contribution in [0.15, 0.2) is 41.2 Å². The van der Waals surface area contributed by atoms with Gasteiger partial charge < -0.3 is 29.6 Å². The summed E-state index contributed by atoms with van der Waals surface area (Å²) < 4.78 is 11.0. The molecule has 0 saturated heterocycles. The van der Waals surface area contributed by atoms with Crippen molar-refractivity contribution in [1.82, 2.24) is 20.1 Å². The third-order valence-corrected chi connectivity index (χ3v) is 7.07. The third kappa shape index (κ3) is 6.17. The molecule has 3 aromatic rings. The molecule has 7 nitrogen and oxygen atoms in total. The lowest BCUT2D eigenvalue weighted by Gasteiger charge is -2.27. The number of fused-ring (bicyclic) bond motifs is 2. The van der Waals surface area contributed by atoms with Gasteiger partial charge in [0, 0.05) is 29.6 Å². The zero-order valence-electron chi connectivity index (χ0n) is 21.6. The first kappa shape index (κ1) is 26.0. The highest BCUT2D eigenvalue weighted by Gasteiger charge is 2.18. The number of H-pyrrole nitrogens is 1. The summed E-state index contributed by atoms with van der Waals surface area (Å²) in [5, 5.41) is 5.10. The van der Waals surface area contributed by atoms with E-state index in [1.165, 1.54) is 0 Å². The van der Waals surface area contributed by atoms with Gasteiger partial charge in [0.25, 0.3) is 5.56 Å². The summed E-state index contributed by atoms with van der Waals surface area (Å²) in [6.45, 7) is 13.5. The average molecular weight is 509 g/mol. The monoisotopic (exact) mass is 508 g/mol. The zero-order chi connectivity index (χ0) is 25.7. The van der Waals surface area contributed by atoms with Gasteiger partial charge in [0.1, 0.15) is 0 Å². The molecule has 2 heterocycles. The number of aromatic nitrogens is 1. The molecule has 192 valence electrons. The number of rotatable bonds is 10. The van der Waals surface area contributed by atoms with E-state index < -0.39 is 0 Å². The molecule has 0 saturated carbocycles. The number of thiocarbonyl (C=S) groups is 1. The van der Waals surface area contributed by atoms with Crippen molar-refractivity contribution in [3.8, 4) is 11.5 Å². The molecule has 0 spiro atoms. The maximum Gasteiger partial charge on any atom is 0.253 e. The molecule has 2 N–H and O–H groups in total. The van der Waals surface area contributed by atoms with Gasteiger partial charge in [-0.05, 0) is 93.1 Å². The van der Waals surface area contributed by atoms with Crippen molar-refractivity contribution in [2.75, 3.05) is 33.0 Å². The number of ether oxygens (including phenoxy) is 2. The SMILES string of the molecule is CCN(CC)CCCNC(=S)N(Cc1ccc2c(c1)OCO2)Cc1cc2c(C)cc(C)cc2[nH]c1=O. The Hall–Kier alpha value is -3.10. The summed E-state index contributed by atoms with van der Waals surface area (Å²) >= 11 is 5.82. The van der Waals surface area contributed by atoms with Crippen molar-refractivity contribution in [2.24, 2.45) is 0 Å². The predicted octanol–water partition coefficient (Wildman–Crippen LogP) is 4.48. The van der Waals surface area contributed by atoms with E-state index >= 15 is 0 Å². The number of aryl methyl sites for hydroxylation is 2. The van der Waals surface area contributed by atoms with Crippen LogP contribution in [-0.4, -0.2) is 52.9 Å². The Balaban J connectivity index is 1.55. The van der Waals surface area contributed by atoms with Gasteiger partial charge in [0.15, 0.2) is 16.6 Å². The van der Waals surface area contributed by atoms with Gasteiger partial charge in [0.2, 0.25) is 6.79 Å². The number of pyridine rings is 1. The number of aromatic amines is 1. The topological polar surface area (TPSA) is 69.8 Å². The molecule has 2 aromatic carbocycles. The number of hydrogen-bond acceptors (Lipinski definition) is 5. The zero-order valence-corrected chi connectivity index (χ0v) is 22.5. The highest BCUT2D eigenvalue weighted by atomic mass is 32.1. The van der Waals surface area contributed by atoms with E-state index in [0.29, 0.717) is 23.8 Å². The van der Waals surface area contributed by atoms with Crippen LogP contribution in [0, 0.1) is 13.8 Å². The van der Waals surface area contributed by atoms with Crippen molar-refractivity contribution in [2.45, 2.75) is 47.2 Å². The van der Waals surface area contributed by atoms with Crippen LogP contribution in [0.2, 0.25) is 0 Å². The fraction of sp³-hybridized carbons (Fsp3) is 0.429. The molecule has 36 heavy (non-hydrogen) atoms. The standard InChI is InChI=1S/C28H36N4O3S/c1-5-31(6-2)11-7-10-29-28(36)32(16-21-8-9-25-26(14-21)35-18-34-25)17-22-15-23-20(4)12-19(3)13-24(23)30-27(22)33/h8-9,12-15H,5-7,10-11,16-18H2,1-4H3,(H,29,36)(H,30,33). The Kier molecular flexibility index (Phi) is 8.48. The van der Waals surface area contributed by atoms with Crippen LogP contribution >= 0.6 is 12.2 Å². The molecule has 4 rings (SSSR count). The van der Waals surface area contributed by atoms with Crippen LogP contribution in [0.1, 0.15) is 42.5 Å². The van der Waals surface area contributed by atoms with E-state index in [1.807, 2.05) is 42.2 Å². The van der Waals surface area contributed by atoms with Crippen molar-refractivity contribution in [3.05, 3.63) is 69.0 Å². The molecular weight excluding hydrogens is 472 g/mol.